The Morgan fingerprint density at radius 1 is 1.33 bits per heavy atom. The number of aromatic nitrogens is 2. The SMILES string of the molecule is CCc1ncnc(NC(C(=O)OC)c2ccccc2)c1F. The first kappa shape index (κ1) is 14.9. The first-order chi connectivity index (χ1) is 10.2. The lowest BCUT2D eigenvalue weighted by Gasteiger charge is -2.18. The maximum atomic E-state index is 14.2. The van der Waals surface area contributed by atoms with Crippen LogP contribution in [0.3, 0.4) is 0 Å². The molecule has 2 rings (SSSR count). The van der Waals surface area contributed by atoms with Gasteiger partial charge in [-0.1, -0.05) is 37.3 Å². The number of ether oxygens (including phenoxy) is 1. The third kappa shape index (κ3) is 3.34. The minimum atomic E-state index is -0.828. The molecule has 0 bridgehead atoms. The van der Waals surface area contributed by atoms with Crippen LogP contribution in [-0.2, 0) is 16.0 Å². The molecule has 0 aliphatic rings. The van der Waals surface area contributed by atoms with Crippen LogP contribution in [0.1, 0.15) is 24.2 Å². The number of benzene rings is 1. The van der Waals surface area contributed by atoms with E-state index in [-0.39, 0.29) is 5.82 Å². The predicted octanol–water partition coefficient (Wildman–Crippen LogP) is 2.50. The highest BCUT2D eigenvalue weighted by Gasteiger charge is 2.23. The van der Waals surface area contributed by atoms with Crippen LogP contribution in [0, 0.1) is 5.82 Å². The van der Waals surface area contributed by atoms with Gasteiger partial charge in [-0.3, -0.25) is 0 Å². The fourth-order valence-corrected chi connectivity index (χ4v) is 1.93. The smallest absolute Gasteiger partial charge is 0.333 e. The van der Waals surface area contributed by atoms with E-state index in [9.17, 15) is 9.18 Å². The second-order valence-corrected chi connectivity index (χ2v) is 4.35. The van der Waals surface area contributed by atoms with Crippen LogP contribution in [0.5, 0.6) is 0 Å². The number of halogens is 1. The van der Waals surface area contributed by atoms with Crippen molar-refractivity contribution in [3.8, 4) is 0 Å². The molecule has 0 radical (unpaired) electrons. The van der Waals surface area contributed by atoms with Gasteiger partial charge in [0.05, 0.1) is 12.8 Å². The van der Waals surface area contributed by atoms with Gasteiger partial charge in [0.2, 0.25) is 0 Å². The molecule has 1 N–H and O–H groups in total. The minimum Gasteiger partial charge on any atom is -0.467 e. The second kappa shape index (κ2) is 6.78. The number of carbonyl (C=O) groups is 1. The van der Waals surface area contributed by atoms with Crippen molar-refractivity contribution in [1.29, 1.82) is 0 Å². The second-order valence-electron chi connectivity index (χ2n) is 4.35. The molecule has 0 amide bonds. The Hall–Kier alpha value is -2.50. The van der Waals surface area contributed by atoms with Gasteiger partial charge < -0.3 is 10.1 Å². The van der Waals surface area contributed by atoms with Gasteiger partial charge in [0.15, 0.2) is 17.7 Å². The minimum absolute atomic E-state index is 0.0129. The fraction of sp³-hybridized carbons (Fsp3) is 0.267. The number of hydrogen-bond donors (Lipinski definition) is 1. The Balaban J connectivity index is 2.34. The molecule has 0 saturated carbocycles. The van der Waals surface area contributed by atoms with Crippen molar-refractivity contribution in [2.24, 2.45) is 0 Å². The number of nitrogens with one attached hydrogen (secondary N) is 1. The molecule has 1 heterocycles. The van der Waals surface area contributed by atoms with Crippen molar-refractivity contribution in [2.75, 3.05) is 12.4 Å². The van der Waals surface area contributed by atoms with Crippen LogP contribution in [-0.4, -0.2) is 23.0 Å². The molecule has 0 fully saturated rings. The average molecular weight is 289 g/mol. The van der Waals surface area contributed by atoms with Crippen molar-refractivity contribution in [1.82, 2.24) is 9.97 Å². The van der Waals surface area contributed by atoms with E-state index < -0.39 is 17.8 Å². The number of anilines is 1. The first-order valence-corrected chi connectivity index (χ1v) is 6.56. The van der Waals surface area contributed by atoms with Crippen molar-refractivity contribution < 1.29 is 13.9 Å². The zero-order valence-electron chi connectivity index (χ0n) is 11.8. The van der Waals surface area contributed by atoms with Crippen LogP contribution in [0.4, 0.5) is 10.2 Å². The third-order valence-corrected chi connectivity index (χ3v) is 3.05. The van der Waals surface area contributed by atoms with Crippen molar-refractivity contribution in [3.05, 3.63) is 53.7 Å². The molecule has 0 aliphatic heterocycles. The van der Waals surface area contributed by atoms with Gasteiger partial charge >= 0.3 is 5.97 Å². The van der Waals surface area contributed by atoms with Crippen molar-refractivity contribution in [3.63, 3.8) is 0 Å². The Labute approximate surface area is 122 Å². The number of hydrogen-bond acceptors (Lipinski definition) is 5. The summed E-state index contributed by atoms with van der Waals surface area (Å²) in [7, 11) is 1.29. The van der Waals surface area contributed by atoms with E-state index in [4.69, 9.17) is 4.74 Å². The molecule has 110 valence electrons. The molecular weight excluding hydrogens is 273 g/mol. The maximum absolute atomic E-state index is 14.2. The van der Waals surface area contributed by atoms with Crippen LogP contribution in [0.25, 0.3) is 0 Å². The highest BCUT2D eigenvalue weighted by atomic mass is 19.1. The summed E-state index contributed by atoms with van der Waals surface area (Å²) in [5.74, 6) is -1.08. The molecule has 1 unspecified atom stereocenters. The Bertz CT molecular complexity index is 620. The van der Waals surface area contributed by atoms with E-state index in [1.807, 2.05) is 6.07 Å². The lowest BCUT2D eigenvalue weighted by atomic mass is 10.1. The van der Waals surface area contributed by atoms with Crippen LogP contribution >= 0.6 is 0 Å². The van der Waals surface area contributed by atoms with Gasteiger partial charge in [-0.25, -0.2) is 19.2 Å². The molecule has 0 aliphatic carbocycles. The lowest BCUT2D eigenvalue weighted by Crippen LogP contribution is -2.23. The molecule has 5 nitrogen and oxygen atoms in total. The van der Waals surface area contributed by atoms with E-state index in [0.717, 1.165) is 0 Å². The number of nitrogens with zero attached hydrogens (tertiary/aromatic N) is 2. The summed E-state index contributed by atoms with van der Waals surface area (Å²) in [5, 5.41) is 2.79. The summed E-state index contributed by atoms with van der Waals surface area (Å²) < 4.78 is 18.9. The highest BCUT2D eigenvalue weighted by Crippen LogP contribution is 2.22. The number of esters is 1. The first-order valence-electron chi connectivity index (χ1n) is 6.56. The normalized spacial score (nSPS) is 11.8. The van der Waals surface area contributed by atoms with Gasteiger partial charge in [-0.05, 0) is 12.0 Å². The molecule has 1 aromatic carbocycles. The van der Waals surface area contributed by atoms with Crippen LogP contribution in [0.2, 0.25) is 0 Å². The van der Waals surface area contributed by atoms with Crippen LogP contribution in [0.15, 0.2) is 36.7 Å². The van der Waals surface area contributed by atoms with Crippen molar-refractivity contribution in [2.45, 2.75) is 19.4 Å². The van der Waals surface area contributed by atoms with Crippen LogP contribution < -0.4 is 5.32 Å². The quantitative estimate of drug-likeness (QED) is 0.857. The molecular formula is C15H16FN3O2. The molecule has 1 atom stereocenters. The standard InChI is InChI=1S/C15H16FN3O2/c1-3-11-12(16)14(18-9-17-11)19-13(15(20)21-2)10-7-5-4-6-8-10/h4-9,13H,3H2,1-2H3,(H,17,18,19). The van der Waals surface area contributed by atoms with E-state index in [2.05, 4.69) is 15.3 Å². The summed E-state index contributed by atoms with van der Waals surface area (Å²) >= 11 is 0. The fourth-order valence-electron chi connectivity index (χ4n) is 1.93. The monoisotopic (exact) mass is 289 g/mol. The third-order valence-electron chi connectivity index (χ3n) is 3.05. The maximum Gasteiger partial charge on any atom is 0.333 e. The van der Waals surface area contributed by atoms with E-state index in [1.165, 1.54) is 13.4 Å². The summed E-state index contributed by atoms with van der Waals surface area (Å²) in [6.07, 6.45) is 1.71. The van der Waals surface area contributed by atoms with Gasteiger partial charge in [0.1, 0.15) is 6.33 Å². The van der Waals surface area contributed by atoms with Crippen molar-refractivity contribution >= 4 is 11.8 Å². The number of aryl methyl sites for hydroxylation is 1. The molecule has 21 heavy (non-hydrogen) atoms. The molecule has 1 aromatic heterocycles. The van der Waals surface area contributed by atoms with E-state index in [1.54, 1.807) is 31.2 Å². The predicted molar refractivity (Wildman–Crippen MR) is 76.2 cm³/mol. The zero-order valence-corrected chi connectivity index (χ0v) is 11.8. The van der Waals surface area contributed by atoms with E-state index in [0.29, 0.717) is 17.7 Å². The highest BCUT2D eigenvalue weighted by molar-refractivity contribution is 5.80. The largest absolute Gasteiger partial charge is 0.467 e. The Morgan fingerprint density at radius 2 is 2.05 bits per heavy atom. The average Bonchev–Trinajstić information content (AvgIpc) is 2.54. The van der Waals surface area contributed by atoms with Gasteiger partial charge in [-0.2, -0.15) is 0 Å². The molecule has 0 spiro atoms. The lowest BCUT2D eigenvalue weighted by molar-refractivity contribution is -0.141. The summed E-state index contributed by atoms with van der Waals surface area (Å²) in [5.41, 5.74) is 0.963. The number of carbonyl (C=O) groups excluding carboxylic acids is 1. The topological polar surface area (TPSA) is 64.1 Å². The zero-order chi connectivity index (χ0) is 15.2. The number of rotatable bonds is 5. The van der Waals surface area contributed by atoms with Gasteiger partial charge in [0, 0.05) is 0 Å². The summed E-state index contributed by atoms with van der Waals surface area (Å²) in [4.78, 5) is 19.7. The summed E-state index contributed by atoms with van der Waals surface area (Å²) in [6.45, 7) is 1.80. The number of methoxy groups -OCH3 is 1. The van der Waals surface area contributed by atoms with Gasteiger partial charge in [0.25, 0.3) is 0 Å². The molecule has 0 saturated heterocycles. The molecule has 6 heteroatoms. The Morgan fingerprint density at radius 3 is 2.67 bits per heavy atom. The Kier molecular flexibility index (Phi) is 4.81. The van der Waals surface area contributed by atoms with Gasteiger partial charge in [-0.15, -0.1) is 0 Å². The summed E-state index contributed by atoms with van der Waals surface area (Å²) in [6, 6.07) is 8.10. The van der Waals surface area contributed by atoms with E-state index >= 15 is 0 Å². The molecule has 2 aromatic rings.